The molecule has 5 heteroatoms. The summed E-state index contributed by atoms with van der Waals surface area (Å²) in [4.78, 5) is 12.1. The molecule has 0 unspecified atom stereocenters. The third-order valence-corrected chi connectivity index (χ3v) is 3.97. The topological polar surface area (TPSA) is 56.8 Å². The van der Waals surface area contributed by atoms with E-state index in [2.05, 4.69) is 5.32 Å². The molecule has 0 saturated heterocycles. The minimum atomic E-state index is 0.0238. The Morgan fingerprint density at radius 2 is 1.44 bits per heavy atom. The maximum Gasteiger partial charge on any atom is 0.220 e. The lowest BCUT2D eigenvalue weighted by Gasteiger charge is -2.12. The van der Waals surface area contributed by atoms with Crippen molar-refractivity contribution in [3.05, 3.63) is 53.6 Å². The lowest BCUT2D eigenvalue weighted by atomic mass is 10.1. The number of carbonyl (C=O) groups is 1. The van der Waals surface area contributed by atoms with Crippen LogP contribution in [0.2, 0.25) is 0 Å². The van der Waals surface area contributed by atoms with E-state index in [1.165, 1.54) is 0 Å². The van der Waals surface area contributed by atoms with Gasteiger partial charge < -0.3 is 19.5 Å². The fourth-order valence-corrected chi connectivity index (χ4v) is 2.67. The number of carbonyl (C=O) groups excluding carboxylic acids is 1. The molecule has 27 heavy (non-hydrogen) atoms. The standard InChI is InChI=1S/C22H29NO4/c1-4-25-19-11-7-18(8-12-19)16-23-22(24)14-10-17-9-13-20(26-5-2)21(15-17)27-6-3/h7-9,11-13,15H,4-6,10,14,16H2,1-3H3,(H,23,24). The molecule has 0 aliphatic rings. The second kappa shape index (κ2) is 11.1. The van der Waals surface area contributed by atoms with Gasteiger partial charge >= 0.3 is 0 Å². The number of amides is 1. The Morgan fingerprint density at radius 1 is 0.815 bits per heavy atom. The molecule has 0 fully saturated rings. The molecule has 2 aromatic rings. The fourth-order valence-electron chi connectivity index (χ4n) is 2.67. The zero-order chi connectivity index (χ0) is 19.5. The summed E-state index contributed by atoms with van der Waals surface area (Å²) in [6.07, 6.45) is 1.08. The highest BCUT2D eigenvalue weighted by atomic mass is 16.5. The molecule has 2 rings (SSSR count). The first-order valence-electron chi connectivity index (χ1n) is 9.53. The molecular formula is C22H29NO4. The van der Waals surface area contributed by atoms with E-state index in [1.807, 2.05) is 63.2 Å². The molecule has 0 heterocycles. The van der Waals surface area contributed by atoms with Gasteiger partial charge in [0.05, 0.1) is 19.8 Å². The van der Waals surface area contributed by atoms with Gasteiger partial charge in [-0.3, -0.25) is 4.79 Å². The van der Waals surface area contributed by atoms with Crippen LogP contribution in [0, 0.1) is 0 Å². The lowest BCUT2D eigenvalue weighted by Crippen LogP contribution is -2.22. The number of benzene rings is 2. The lowest BCUT2D eigenvalue weighted by molar-refractivity contribution is -0.121. The second-order valence-electron chi connectivity index (χ2n) is 6.00. The van der Waals surface area contributed by atoms with E-state index in [-0.39, 0.29) is 5.91 Å². The molecule has 0 aliphatic carbocycles. The van der Waals surface area contributed by atoms with Crippen molar-refractivity contribution in [2.24, 2.45) is 0 Å². The SMILES string of the molecule is CCOc1ccc(CNC(=O)CCc2ccc(OCC)c(OCC)c2)cc1. The Hall–Kier alpha value is -2.69. The third-order valence-electron chi connectivity index (χ3n) is 3.97. The van der Waals surface area contributed by atoms with Gasteiger partial charge in [-0.05, 0) is 62.6 Å². The van der Waals surface area contributed by atoms with Crippen LogP contribution in [-0.2, 0) is 17.8 Å². The maximum atomic E-state index is 12.1. The van der Waals surface area contributed by atoms with Crippen molar-refractivity contribution in [2.75, 3.05) is 19.8 Å². The van der Waals surface area contributed by atoms with E-state index in [0.29, 0.717) is 39.2 Å². The van der Waals surface area contributed by atoms with Crippen molar-refractivity contribution in [3.63, 3.8) is 0 Å². The fraction of sp³-hybridized carbons (Fsp3) is 0.409. The normalized spacial score (nSPS) is 10.3. The smallest absolute Gasteiger partial charge is 0.220 e. The molecule has 0 spiro atoms. The summed E-state index contributed by atoms with van der Waals surface area (Å²) in [5, 5.41) is 2.96. The van der Waals surface area contributed by atoms with E-state index < -0.39 is 0 Å². The first-order chi connectivity index (χ1) is 13.2. The number of rotatable bonds is 11. The summed E-state index contributed by atoms with van der Waals surface area (Å²) in [7, 11) is 0. The molecule has 0 saturated carbocycles. The van der Waals surface area contributed by atoms with Crippen LogP contribution >= 0.6 is 0 Å². The van der Waals surface area contributed by atoms with Crippen molar-refractivity contribution in [2.45, 2.75) is 40.2 Å². The van der Waals surface area contributed by atoms with Crippen molar-refractivity contribution >= 4 is 5.91 Å². The summed E-state index contributed by atoms with van der Waals surface area (Å²) in [5.41, 5.74) is 2.10. The summed E-state index contributed by atoms with van der Waals surface area (Å²) < 4.78 is 16.6. The van der Waals surface area contributed by atoms with Crippen molar-refractivity contribution in [1.82, 2.24) is 5.32 Å². The molecule has 5 nitrogen and oxygen atoms in total. The number of ether oxygens (including phenoxy) is 3. The van der Waals surface area contributed by atoms with Gasteiger partial charge in [0.25, 0.3) is 0 Å². The van der Waals surface area contributed by atoms with Crippen molar-refractivity contribution in [1.29, 1.82) is 0 Å². The van der Waals surface area contributed by atoms with Gasteiger partial charge in [0, 0.05) is 13.0 Å². The molecule has 146 valence electrons. The van der Waals surface area contributed by atoms with E-state index in [9.17, 15) is 4.79 Å². The summed E-state index contributed by atoms with van der Waals surface area (Å²) in [6.45, 7) is 8.16. The zero-order valence-electron chi connectivity index (χ0n) is 16.4. The largest absolute Gasteiger partial charge is 0.494 e. The quantitative estimate of drug-likeness (QED) is 0.645. The van der Waals surface area contributed by atoms with Gasteiger partial charge in [-0.1, -0.05) is 18.2 Å². The Labute approximate surface area is 161 Å². The van der Waals surface area contributed by atoms with Crippen molar-refractivity contribution < 1.29 is 19.0 Å². The van der Waals surface area contributed by atoms with Crippen LogP contribution in [0.3, 0.4) is 0 Å². The van der Waals surface area contributed by atoms with Gasteiger partial charge in [0.2, 0.25) is 5.91 Å². The van der Waals surface area contributed by atoms with E-state index in [0.717, 1.165) is 28.4 Å². The van der Waals surface area contributed by atoms with E-state index in [4.69, 9.17) is 14.2 Å². The van der Waals surface area contributed by atoms with E-state index >= 15 is 0 Å². The molecule has 1 amide bonds. The maximum absolute atomic E-state index is 12.1. The highest BCUT2D eigenvalue weighted by Gasteiger charge is 2.08. The Morgan fingerprint density at radius 3 is 2.11 bits per heavy atom. The average molecular weight is 371 g/mol. The minimum Gasteiger partial charge on any atom is -0.494 e. The van der Waals surface area contributed by atoms with Crippen LogP contribution in [0.15, 0.2) is 42.5 Å². The van der Waals surface area contributed by atoms with Crippen LogP contribution in [0.25, 0.3) is 0 Å². The summed E-state index contributed by atoms with van der Waals surface area (Å²) in [6, 6.07) is 13.6. The molecule has 0 aromatic heterocycles. The Balaban J connectivity index is 1.83. The average Bonchev–Trinajstić information content (AvgIpc) is 2.68. The molecule has 0 bridgehead atoms. The van der Waals surface area contributed by atoms with Gasteiger partial charge in [-0.25, -0.2) is 0 Å². The monoisotopic (exact) mass is 371 g/mol. The van der Waals surface area contributed by atoms with Gasteiger partial charge in [0.1, 0.15) is 5.75 Å². The number of aryl methyl sites for hydroxylation is 1. The Bertz CT molecular complexity index is 713. The predicted octanol–water partition coefficient (Wildman–Crippen LogP) is 4.13. The number of hydrogen-bond donors (Lipinski definition) is 1. The third kappa shape index (κ3) is 6.85. The van der Waals surface area contributed by atoms with Gasteiger partial charge in [-0.2, -0.15) is 0 Å². The number of hydrogen-bond acceptors (Lipinski definition) is 4. The molecule has 1 N–H and O–H groups in total. The summed E-state index contributed by atoms with van der Waals surface area (Å²) in [5.74, 6) is 2.33. The van der Waals surface area contributed by atoms with Crippen molar-refractivity contribution in [3.8, 4) is 17.2 Å². The van der Waals surface area contributed by atoms with E-state index in [1.54, 1.807) is 0 Å². The summed E-state index contributed by atoms with van der Waals surface area (Å²) >= 11 is 0. The predicted molar refractivity (Wildman–Crippen MR) is 107 cm³/mol. The van der Waals surface area contributed by atoms with Gasteiger partial charge in [0.15, 0.2) is 11.5 Å². The highest BCUT2D eigenvalue weighted by molar-refractivity contribution is 5.76. The van der Waals surface area contributed by atoms with Crippen LogP contribution in [0.1, 0.15) is 38.3 Å². The highest BCUT2D eigenvalue weighted by Crippen LogP contribution is 2.29. The van der Waals surface area contributed by atoms with Crippen LogP contribution in [-0.4, -0.2) is 25.7 Å². The second-order valence-corrected chi connectivity index (χ2v) is 6.00. The van der Waals surface area contributed by atoms with Gasteiger partial charge in [-0.15, -0.1) is 0 Å². The molecule has 0 atom stereocenters. The number of nitrogens with one attached hydrogen (secondary N) is 1. The first kappa shape index (κ1) is 20.6. The van der Waals surface area contributed by atoms with Crippen LogP contribution in [0.5, 0.6) is 17.2 Å². The molecule has 0 aliphatic heterocycles. The molecular weight excluding hydrogens is 342 g/mol. The van der Waals surface area contributed by atoms with Crippen LogP contribution < -0.4 is 19.5 Å². The molecule has 0 radical (unpaired) electrons. The first-order valence-corrected chi connectivity index (χ1v) is 9.53. The van der Waals surface area contributed by atoms with Crippen LogP contribution in [0.4, 0.5) is 0 Å². The molecule has 2 aromatic carbocycles. The zero-order valence-corrected chi connectivity index (χ0v) is 16.4. The Kier molecular flexibility index (Phi) is 8.49. The minimum absolute atomic E-state index is 0.0238.